The third-order valence-corrected chi connectivity index (χ3v) is 5.60. The Morgan fingerprint density at radius 2 is 1.84 bits per heavy atom. The van der Waals surface area contributed by atoms with E-state index in [-0.39, 0.29) is 5.92 Å². The summed E-state index contributed by atoms with van der Waals surface area (Å²) in [6.07, 6.45) is 2.12. The van der Waals surface area contributed by atoms with Crippen LogP contribution in [0.15, 0.2) is 33.2 Å². The number of benzene rings is 1. The van der Waals surface area contributed by atoms with Crippen molar-refractivity contribution in [1.29, 1.82) is 0 Å². The smallest absolute Gasteiger partial charge is 0.175 e. The molecule has 0 unspecified atom stereocenters. The van der Waals surface area contributed by atoms with Gasteiger partial charge in [-0.3, -0.25) is 4.79 Å². The molecule has 1 aromatic carbocycles. The molecule has 0 radical (unpaired) electrons. The Bertz CT molecular complexity index is 633. The first-order chi connectivity index (χ1) is 9.06. The summed E-state index contributed by atoms with van der Waals surface area (Å²) in [6.45, 7) is 2.07. The third-order valence-electron chi connectivity index (χ3n) is 3.23. The van der Waals surface area contributed by atoms with E-state index in [2.05, 4.69) is 50.9 Å². The highest BCUT2D eigenvalue weighted by Crippen LogP contribution is 2.41. The van der Waals surface area contributed by atoms with E-state index in [0.29, 0.717) is 5.78 Å². The number of thiophene rings is 1. The highest BCUT2D eigenvalue weighted by molar-refractivity contribution is 9.11. The van der Waals surface area contributed by atoms with E-state index in [0.717, 1.165) is 37.1 Å². The van der Waals surface area contributed by atoms with Crippen molar-refractivity contribution in [3.63, 3.8) is 0 Å². The molecular formula is C15H12Br2OS. The highest BCUT2D eigenvalue weighted by Gasteiger charge is 2.31. The van der Waals surface area contributed by atoms with E-state index in [4.69, 9.17) is 0 Å². The summed E-state index contributed by atoms with van der Waals surface area (Å²) in [5.41, 5.74) is 2.33. The first kappa shape index (κ1) is 13.5. The molecule has 1 fully saturated rings. The number of carbonyl (C=O) groups excluding carboxylic acids is 1. The monoisotopic (exact) mass is 398 g/mol. The molecule has 2 aromatic rings. The van der Waals surface area contributed by atoms with E-state index in [1.54, 1.807) is 11.3 Å². The second-order valence-electron chi connectivity index (χ2n) is 4.91. The van der Waals surface area contributed by atoms with E-state index in [1.165, 1.54) is 5.56 Å². The summed E-state index contributed by atoms with van der Waals surface area (Å²) >= 11 is 8.81. The third kappa shape index (κ3) is 2.71. The van der Waals surface area contributed by atoms with Gasteiger partial charge in [0.1, 0.15) is 0 Å². The van der Waals surface area contributed by atoms with Crippen LogP contribution in [0.1, 0.15) is 28.1 Å². The molecule has 1 saturated carbocycles. The quantitative estimate of drug-likeness (QED) is 0.592. The molecule has 4 heteroatoms. The van der Waals surface area contributed by atoms with Crippen LogP contribution in [-0.2, 0) is 0 Å². The summed E-state index contributed by atoms with van der Waals surface area (Å²) in [6, 6.07) is 8.20. The Hall–Kier alpha value is -0.450. The fourth-order valence-corrected chi connectivity index (χ4v) is 5.29. The minimum atomic E-state index is 0.288. The predicted molar refractivity (Wildman–Crippen MR) is 86.9 cm³/mol. The molecule has 0 saturated heterocycles. The fourth-order valence-electron chi connectivity index (χ4n) is 2.09. The molecule has 1 aliphatic rings. The Morgan fingerprint density at radius 3 is 2.42 bits per heavy atom. The molecule has 3 rings (SSSR count). The van der Waals surface area contributed by atoms with Crippen molar-refractivity contribution >= 4 is 49.0 Å². The van der Waals surface area contributed by atoms with Gasteiger partial charge < -0.3 is 0 Å². The minimum Gasteiger partial charge on any atom is -0.293 e. The molecule has 0 atom stereocenters. The molecule has 0 aliphatic heterocycles. The van der Waals surface area contributed by atoms with E-state index in [1.807, 2.05) is 12.1 Å². The van der Waals surface area contributed by atoms with Crippen LogP contribution >= 0.6 is 43.2 Å². The normalized spacial score (nSPS) is 14.7. The van der Waals surface area contributed by atoms with Crippen LogP contribution in [0.2, 0.25) is 0 Å². The first-order valence-electron chi connectivity index (χ1n) is 6.16. The van der Waals surface area contributed by atoms with Gasteiger partial charge in [-0.1, -0.05) is 31.9 Å². The van der Waals surface area contributed by atoms with Crippen LogP contribution in [-0.4, -0.2) is 5.78 Å². The summed E-state index contributed by atoms with van der Waals surface area (Å²) in [7, 11) is 0. The zero-order chi connectivity index (χ0) is 13.6. The number of halogens is 2. The molecular weight excluding hydrogens is 388 g/mol. The van der Waals surface area contributed by atoms with Crippen LogP contribution < -0.4 is 0 Å². The Morgan fingerprint density at radius 1 is 1.21 bits per heavy atom. The van der Waals surface area contributed by atoms with Gasteiger partial charge in [0.15, 0.2) is 5.78 Å². The molecule has 1 aliphatic carbocycles. The SMILES string of the molecule is Cc1cc(Br)c(-c2ccc(C(=O)C3CC3)s2)c(Br)c1. The number of rotatable bonds is 3. The van der Waals surface area contributed by atoms with Gasteiger partial charge in [0.05, 0.1) is 4.88 Å². The average molecular weight is 400 g/mol. The van der Waals surface area contributed by atoms with Crippen molar-refractivity contribution in [2.75, 3.05) is 0 Å². The van der Waals surface area contributed by atoms with Gasteiger partial charge in [-0.05, 0) is 49.6 Å². The average Bonchev–Trinajstić information content (AvgIpc) is 3.07. The molecule has 0 N–H and O–H groups in total. The Labute approximate surface area is 133 Å². The predicted octanol–water partition coefficient (Wildman–Crippen LogP) is 5.84. The highest BCUT2D eigenvalue weighted by atomic mass is 79.9. The maximum Gasteiger partial charge on any atom is 0.175 e. The number of Topliss-reactive ketones (excluding diaryl/α,β-unsaturated/α-hetero) is 1. The summed E-state index contributed by atoms with van der Waals surface area (Å²) < 4.78 is 2.12. The topological polar surface area (TPSA) is 17.1 Å². The van der Waals surface area contributed by atoms with Crippen LogP contribution in [0.5, 0.6) is 0 Å². The van der Waals surface area contributed by atoms with Crippen LogP contribution in [0, 0.1) is 12.8 Å². The second kappa shape index (κ2) is 5.15. The lowest BCUT2D eigenvalue weighted by molar-refractivity contribution is 0.0971. The van der Waals surface area contributed by atoms with Crippen LogP contribution in [0.4, 0.5) is 0 Å². The standard InChI is InChI=1S/C15H12Br2OS/c1-8-6-10(16)14(11(17)7-8)12-4-5-13(19-12)15(18)9-2-3-9/h4-7,9H,2-3H2,1H3. The van der Waals surface area contributed by atoms with E-state index in [9.17, 15) is 4.79 Å². The molecule has 0 spiro atoms. The lowest BCUT2D eigenvalue weighted by Gasteiger charge is -2.06. The van der Waals surface area contributed by atoms with Crippen molar-refractivity contribution in [2.24, 2.45) is 5.92 Å². The van der Waals surface area contributed by atoms with Gasteiger partial charge in [-0.25, -0.2) is 0 Å². The largest absolute Gasteiger partial charge is 0.293 e. The minimum absolute atomic E-state index is 0.288. The molecule has 1 aromatic heterocycles. The zero-order valence-corrected chi connectivity index (χ0v) is 14.4. The second-order valence-corrected chi connectivity index (χ2v) is 7.70. The molecule has 19 heavy (non-hydrogen) atoms. The number of ketones is 1. The van der Waals surface area contributed by atoms with Gasteiger partial charge in [0, 0.05) is 25.3 Å². The summed E-state index contributed by atoms with van der Waals surface area (Å²) in [5.74, 6) is 0.604. The Balaban J connectivity index is 2.01. The number of aryl methyl sites for hydroxylation is 1. The lowest BCUT2D eigenvalue weighted by Crippen LogP contribution is -1.96. The van der Waals surface area contributed by atoms with Gasteiger partial charge in [0.25, 0.3) is 0 Å². The number of carbonyl (C=O) groups is 1. The van der Waals surface area contributed by atoms with Gasteiger partial charge in [0.2, 0.25) is 0 Å². The van der Waals surface area contributed by atoms with Gasteiger partial charge >= 0.3 is 0 Å². The van der Waals surface area contributed by atoms with Crippen LogP contribution in [0.25, 0.3) is 10.4 Å². The fraction of sp³-hybridized carbons (Fsp3) is 0.267. The summed E-state index contributed by atoms with van der Waals surface area (Å²) in [5, 5.41) is 0. The Kier molecular flexibility index (Phi) is 3.67. The molecule has 0 bridgehead atoms. The van der Waals surface area contributed by atoms with E-state index < -0.39 is 0 Å². The number of hydrogen-bond donors (Lipinski definition) is 0. The first-order valence-corrected chi connectivity index (χ1v) is 8.56. The zero-order valence-electron chi connectivity index (χ0n) is 10.4. The van der Waals surface area contributed by atoms with Gasteiger partial charge in [-0.2, -0.15) is 0 Å². The maximum absolute atomic E-state index is 12.1. The molecule has 98 valence electrons. The van der Waals surface area contributed by atoms with Crippen molar-refractivity contribution in [1.82, 2.24) is 0 Å². The number of hydrogen-bond acceptors (Lipinski definition) is 2. The maximum atomic E-state index is 12.1. The van der Waals surface area contributed by atoms with E-state index >= 15 is 0 Å². The lowest BCUT2D eigenvalue weighted by atomic mass is 10.1. The molecule has 0 amide bonds. The van der Waals surface area contributed by atoms with Crippen molar-refractivity contribution in [2.45, 2.75) is 19.8 Å². The molecule has 1 heterocycles. The van der Waals surface area contributed by atoms with Crippen LogP contribution in [0.3, 0.4) is 0 Å². The van der Waals surface area contributed by atoms with Gasteiger partial charge in [-0.15, -0.1) is 11.3 Å². The van der Waals surface area contributed by atoms with Crippen molar-refractivity contribution in [3.8, 4) is 10.4 Å². The summed E-state index contributed by atoms with van der Waals surface area (Å²) in [4.78, 5) is 14.1. The van der Waals surface area contributed by atoms with Crippen molar-refractivity contribution in [3.05, 3.63) is 43.7 Å². The molecule has 1 nitrogen and oxygen atoms in total. The van der Waals surface area contributed by atoms with Crippen molar-refractivity contribution < 1.29 is 4.79 Å².